The molecule has 0 unspecified atom stereocenters. The van der Waals surface area contributed by atoms with Crippen LogP contribution in [0, 0.1) is 12.7 Å². The van der Waals surface area contributed by atoms with Gasteiger partial charge < -0.3 is 14.4 Å². The summed E-state index contributed by atoms with van der Waals surface area (Å²) in [5, 5.41) is 4.02. The quantitative estimate of drug-likeness (QED) is 0.590. The summed E-state index contributed by atoms with van der Waals surface area (Å²) in [5.74, 6) is -1.61. The normalized spacial score (nSPS) is 10.7. The zero-order valence-corrected chi connectivity index (χ0v) is 15.5. The fourth-order valence-electron chi connectivity index (χ4n) is 2.47. The topological polar surface area (TPSA) is 98.9 Å². The van der Waals surface area contributed by atoms with Gasteiger partial charge in [-0.1, -0.05) is 6.07 Å². The van der Waals surface area contributed by atoms with E-state index in [4.69, 9.17) is 9.47 Å². The van der Waals surface area contributed by atoms with E-state index in [1.165, 1.54) is 35.7 Å². The molecule has 3 rings (SSSR count). The Hall–Kier alpha value is -3.56. The maximum absolute atomic E-state index is 13.7. The smallest absolute Gasteiger partial charge is 0.378 e. The number of nitrogens with zero attached hydrogens (tertiary/aromatic N) is 5. The number of hydrogen-bond acceptors (Lipinski definition) is 7. The molecule has 2 aromatic heterocycles. The number of aryl methyl sites for hydroxylation is 1. The van der Waals surface area contributed by atoms with Crippen molar-refractivity contribution < 1.29 is 23.5 Å². The molecule has 1 amide bonds. The summed E-state index contributed by atoms with van der Waals surface area (Å²) in [6, 6.07) is 6.13. The molecule has 0 N–H and O–H groups in total. The van der Waals surface area contributed by atoms with Crippen molar-refractivity contribution >= 4 is 17.7 Å². The van der Waals surface area contributed by atoms with Crippen LogP contribution in [-0.2, 0) is 16.1 Å². The van der Waals surface area contributed by atoms with Crippen LogP contribution >= 0.6 is 0 Å². The highest BCUT2D eigenvalue weighted by molar-refractivity contribution is 5.88. The largest absolute Gasteiger partial charge is 0.494 e. The van der Waals surface area contributed by atoms with Gasteiger partial charge in [0.05, 0.1) is 7.11 Å². The minimum atomic E-state index is -0.831. The summed E-state index contributed by atoms with van der Waals surface area (Å²) in [5.41, 5.74) is 1.32. The highest BCUT2D eigenvalue weighted by atomic mass is 19.1. The predicted molar refractivity (Wildman–Crippen MR) is 95.2 cm³/mol. The molecule has 0 bridgehead atoms. The Kier molecular flexibility index (Phi) is 5.48. The number of ether oxygens (including phenoxy) is 2. The lowest BCUT2D eigenvalue weighted by molar-refractivity contribution is -0.133. The van der Waals surface area contributed by atoms with Crippen LogP contribution in [0.5, 0.6) is 5.75 Å². The molecule has 0 radical (unpaired) electrons. The van der Waals surface area contributed by atoms with Crippen molar-refractivity contribution in [1.29, 1.82) is 0 Å². The minimum Gasteiger partial charge on any atom is -0.494 e. The lowest BCUT2D eigenvalue weighted by Crippen LogP contribution is -2.31. The SMILES string of the molecule is COc1ccc(CN(C)C(=O)COC(=O)c2nc3nccc(C)n3n2)cc1F. The van der Waals surface area contributed by atoms with Gasteiger partial charge in [-0.05, 0) is 30.7 Å². The molecule has 10 heteroatoms. The van der Waals surface area contributed by atoms with E-state index in [1.54, 1.807) is 25.3 Å². The number of benzene rings is 1. The van der Waals surface area contributed by atoms with Crippen LogP contribution in [0.1, 0.15) is 21.9 Å². The van der Waals surface area contributed by atoms with Crippen molar-refractivity contribution in [3.8, 4) is 5.75 Å². The molecule has 146 valence electrons. The van der Waals surface area contributed by atoms with Gasteiger partial charge >= 0.3 is 5.97 Å². The summed E-state index contributed by atoms with van der Waals surface area (Å²) in [6.45, 7) is 1.45. The fourth-order valence-corrected chi connectivity index (χ4v) is 2.47. The van der Waals surface area contributed by atoms with Crippen molar-refractivity contribution in [3.63, 3.8) is 0 Å². The van der Waals surface area contributed by atoms with Crippen molar-refractivity contribution in [2.24, 2.45) is 0 Å². The maximum Gasteiger partial charge on any atom is 0.378 e. The number of methoxy groups -OCH3 is 1. The highest BCUT2D eigenvalue weighted by Gasteiger charge is 2.19. The van der Waals surface area contributed by atoms with Gasteiger partial charge in [-0.2, -0.15) is 4.98 Å². The number of aromatic nitrogens is 4. The third kappa shape index (κ3) is 4.05. The molecule has 9 nitrogen and oxygen atoms in total. The van der Waals surface area contributed by atoms with Crippen molar-refractivity contribution in [2.75, 3.05) is 20.8 Å². The number of fused-ring (bicyclic) bond motifs is 1. The van der Waals surface area contributed by atoms with E-state index in [-0.39, 0.29) is 23.9 Å². The Morgan fingerprint density at radius 3 is 2.75 bits per heavy atom. The maximum atomic E-state index is 13.7. The van der Waals surface area contributed by atoms with Crippen LogP contribution in [0.2, 0.25) is 0 Å². The molecule has 0 atom stereocenters. The second-order valence-corrected chi connectivity index (χ2v) is 6.03. The van der Waals surface area contributed by atoms with E-state index in [0.717, 1.165) is 5.69 Å². The fraction of sp³-hybridized carbons (Fsp3) is 0.278. The summed E-state index contributed by atoms with van der Waals surface area (Å²) in [4.78, 5) is 33.6. The van der Waals surface area contributed by atoms with Crippen molar-refractivity contribution in [1.82, 2.24) is 24.5 Å². The number of carbonyl (C=O) groups is 2. The zero-order valence-electron chi connectivity index (χ0n) is 15.5. The average Bonchev–Trinajstić information content (AvgIpc) is 3.12. The summed E-state index contributed by atoms with van der Waals surface area (Å²) >= 11 is 0. The molecule has 2 heterocycles. The first-order valence-corrected chi connectivity index (χ1v) is 8.31. The number of carbonyl (C=O) groups excluding carboxylic acids is 2. The molecule has 1 aromatic carbocycles. The second-order valence-electron chi connectivity index (χ2n) is 6.03. The van der Waals surface area contributed by atoms with Crippen LogP contribution in [0.3, 0.4) is 0 Å². The van der Waals surface area contributed by atoms with Gasteiger partial charge in [-0.3, -0.25) is 4.79 Å². The van der Waals surface area contributed by atoms with Gasteiger partial charge in [0.25, 0.3) is 17.5 Å². The van der Waals surface area contributed by atoms with Crippen molar-refractivity contribution in [3.05, 3.63) is 53.4 Å². The zero-order chi connectivity index (χ0) is 20.3. The summed E-state index contributed by atoms with van der Waals surface area (Å²) in [6.07, 6.45) is 1.55. The minimum absolute atomic E-state index is 0.122. The number of hydrogen-bond donors (Lipinski definition) is 0. The molecule has 0 fully saturated rings. The first-order valence-electron chi connectivity index (χ1n) is 8.31. The first-order chi connectivity index (χ1) is 13.4. The van der Waals surface area contributed by atoms with E-state index in [0.29, 0.717) is 5.56 Å². The number of likely N-dealkylation sites (N-methyl/N-ethyl adjacent to an activating group) is 1. The molecule has 0 spiro atoms. The summed E-state index contributed by atoms with van der Waals surface area (Å²) < 4.78 is 25.0. The second kappa shape index (κ2) is 7.99. The number of rotatable bonds is 6. The molecular formula is C18H18FN5O4. The molecule has 0 saturated heterocycles. The lowest BCUT2D eigenvalue weighted by atomic mass is 10.2. The molecular weight excluding hydrogens is 369 g/mol. The number of esters is 1. The Bertz CT molecular complexity index is 1040. The molecule has 0 aliphatic carbocycles. The van der Waals surface area contributed by atoms with Crippen molar-refractivity contribution in [2.45, 2.75) is 13.5 Å². The standard InChI is InChI=1S/C18H18FN5O4/c1-11-6-7-20-18-21-16(22-24(11)18)17(26)28-10-15(25)23(2)9-12-4-5-14(27-3)13(19)8-12/h4-8H,9-10H2,1-3H3. The lowest BCUT2D eigenvalue weighted by Gasteiger charge is -2.17. The Balaban J connectivity index is 1.58. The van der Waals surface area contributed by atoms with Gasteiger partial charge in [0, 0.05) is 25.5 Å². The molecule has 0 saturated carbocycles. The number of halogens is 1. The van der Waals surface area contributed by atoms with Crippen LogP contribution in [0.4, 0.5) is 4.39 Å². The van der Waals surface area contributed by atoms with Gasteiger partial charge in [0.1, 0.15) is 0 Å². The van der Waals surface area contributed by atoms with Crippen LogP contribution < -0.4 is 4.74 Å². The van der Waals surface area contributed by atoms with Crippen LogP contribution in [0.15, 0.2) is 30.5 Å². The van der Waals surface area contributed by atoms with Gasteiger partial charge in [-0.15, -0.1) is 5.10 Å². The molecule has 3 aromatic rings. The van der Waals surface area contributed by atoms with Gasteiger partial charge in [0.2, 0.25) is 0 Å². The van der Waals surface area contributed by atoms with Crippen LogP contribution in [0.25, 0.3) is 5.78 Å². The highest BCUT2D eigenvalue weighted by Crippen LogP contribution is 2.18. The van der Waals surface area contributed by atoms with E-state index in [1.807, 2.05) is 0 Å². The molecule has 0 aliphatic rings. The predicted octanol–water partition coefficient (Wildman–Crippen LogP) is 1.40. The third-order valence-electron chi connectivity index (χ3n) is 4.00. The third-order valence-corrected chi connectivity index (χ3v) is 4.00. The van der Waals surface area contributed by atoms with E-state index in [9.17, 15) is 14.0 Å². The van der Waals surface area contributed by atoms with Gasteiger partial charge in [-0.25, -0.2) is 18.7 Å². The Morgan fingerprint density at radius 1 is 1.29 bits per heavy atom. The molecule has 28 heavy (non-hydrogen) atoms. The van der Waals surface area contributed by atoms with E-state index >= 15 is 0 Å². The van der Waals surface area contributed by atoms with E-state index < -0.39 is 24.3 Å². The number of amides is 1. The average molecular weight is 387 g/mol. The summed E-state index contributed by atoms with van der Waals surface area (Å²) in [7, 11) is 2.89. The van der Waals surface area contributed by atoms with E-state index in [2.05, 4.69) is 15.1 Å². The first kappa shape index (κ1) is 19.2. The monoisotopic (exact) mass is 387 g/mol. The van der Waals surface area contributed by atoms with Crippen LogP contribution in [-0.4, -0.2) is 57.1 Å². The Morgan fingerprint density at radius 2 is 2.07 bits per heavy atom. The Labute approximate surface area is 159 Å². The molecule has 0 aliphatic heterocycles. The van der Waals surface area contributed by atoms with Gasteiger partial charge in [0.15, 0.2) is 18.2 Å².